The number of hydrogen-bond donors (Lipinski definition) is 2. The molecule has 0 unspecified atom stereocenters. The molecule has 3 N–H and O–H groups in total. The van der Waals surface area contributed by atoms with Crippen molar-refractivity contribution >= 4 is 11.6 Å². The maximum Gasteiger partial charge on any atom is 0.234 e. The Balaban J connectivity index is 1.22. The molecular formula is C22H28N4O. The highest BCUT2D eigenvalue weighted by atomic mass is 16.2. The molecule has 0 aliphatic carbocycles. The second-order valence-electron chi connectivity index (χ2n) is 7.59. The summed E-state index contributed by atoms with van der Waals surface area (Å²) in [6.45, 7) is 4.61. The molecule has 5 nitrogen and oxygen atoms in total. The van der Waals surface area contributed by atoms with Crippen LogP contribution in [0.4, 0.5) is 5.69 Å². The number of anilines is 1. The number of nitrogens with one attached hydrogen (secondary N) is 1. The number of fused-ring (bicyclic) bond motifs is 1. The molecule has 142 valence electrons. The molecule has 2 atom stereocenters. The second kappa shape index (κ2) is 8.11. The zero-order valence-corrected chi connectivity index (χ0v) is 15.7. The minimum atomic E-state index is 0.0845. The molecule has 0 spiro atoms. The van der Waals surface area contributed by atoms with Gasteiger partial charge in [-0.05, 0) is 23.6 Å². The van der Waals surface area contributed by atoms with E-state index in [1.54, 1.807) is 0 Å². The first kappa shape index (κ1) is 18.0. The van der Waals surface area contributed by atoms with Crippen molar-refractivity contribution in [2.75, 3.05) is 44.2 Å². The summed E-state index contributed by atoms with van der Waals surface area (Å²) < 4.78 is 0. The van der Waals surface area contributed by atoms with Crippen LogP contribution in [0.5, 0.6) is 0 Å². The SMILES string of the molecule is N[C@@H]1CN(CC(=O)NCCN2CCc3ccccc32)C[C@H]1c1ccccc1. The highest BCUT2D eigenvalue weighted by molar-refractivity contribution is 5.78. The van der Waals surface area contributed by atoms with Gasteiger partial charge in [-0.3, -0.25) is 9.69 Å². The zero-order chi connectivity index (χ0) is 18.6. The van der Waals surface area contributed by atoms with Gasteiger partial charge in [0.15, 0.2) is 0 Å². The minimum absolute atomic E-state index is 0.0845. The molecule has 2 aliphatic heterocycles. The first-order valence-electron chi connectivity index (χ1n) is 9.83. The van der Waals surface area contributed by atoms with Gasteiger partial charge in [-0.15, -0.1) is 0 Å². The van der Waals surface area contributed by atoms with Crippen LogP contribution >= 0.6 is 0 Å². The van der Waals surface area contributed by atoms with Crippen LogP contribution in [0.2, 0.25) is 0 Å². The van der Waals surface area contributed by atoms with Crippen molar-refractivity contribution in [3.8, 4) is 0 Å². The minimum Gasteiger partial charge on any atom is -0.369 e. The number of likely N-dealkylation sites (tertiary alicyclic amines) is 1. The summed E-state index contributed by atoms with van der Waals surface area (Å²) in [6, 6.07) is 19.0. The summed E-state index contributed by atoms with van der Waals surface area (Å²) in [4.78, 5) is 16.9. The number of para-hydroxylation sites is 1. The van der Waals surface area contributed by atoms with Gasteiger partial charge in [0, 0.05) is 50.4 Å². The van der Waals surface area contributed by atoms with E-state index >= 15 is 0 Å². The lowest BCUT2D eigenvalue weighted by Gasteiger charge is -2.20. The quantitative estimate of drug-likeness (QED) is 0.817. The third-order valence-electron chi connectivity index (χ3n) is 5.72. The highest BCUT2D eigenvalue weighted by Crippen LogP contribution is 2.27. The molecule has 1 fully saturated rings. The fraction of sp³-hybridized carbons (Fsp3) is 0.409. The van der Waals surface area contributed by atoms with E-state index in [2.05, 4.69) is 51.5 Å². The first-order chi connectivity index (χ1) is 13.2. The molecule has 1 saturated heterocycles. The van der Waals surface area contributed by atoms with E-state index < -0.39 is 0 Å². The van der Waals surface area contributed by atoms with E-state index in [-0.39, 0.29) is 11.9 Å². The molecule has 0 bridgehead atoms. The van der Waals surface area contributed by atoms with Gasteiger partial charge in [-0.25, -0.2) is 0 Å². The molecule has 0 saturated carbocycles. The van der Waals surface area contributed by atoms with E-state index in [4.69, 9.17) is 5.73 Å². The Labute approximate surface area is 161 Å². The normalized spacial score (nSPS) is 22.0. The van der Waals surface area contributed by atoms with Crippen LogP contribution in [0.1, 0.15) is 17.0 Å². The number of carbonyl (C=O) groups is 1. The lowest BCUT2D eigenvalue weighted by Crippen LogP contribution is -2.40. The Kier molecular flexibility index (Phi) is 5.41. The van der Waals surface area contributed by atoms with Crippen LogP contribution in [-0.4, -0.2) is 56.1 Å². The van der Waals surface area contributed by atoms with E-state index in [1.807, 2.05) is 18.2 Å². The van der Waals surface area contributed by atoms with Crippen LogP contribution in [-0.2, 0) is 11.2 Å². The predicted molar refractivity (Wildman–Crippen MR) is 109 cm³/mol. The molecule has 5 heteroatoms. The zero-order valence-electron chi connectivity index (χ0n) is 15.7. The van der Waals surface area contributed by atoms with E-state index in [0.717, 1.165) is 32.6 Å². The molecule has 2 heterocycles. The van der Waals surface area contributed by atoms with Crippen molar-refractivity contribution in [3.05, 3.63) is 65.7 Å². The van der Waals surface area contributed by atoms with Crippen LogP contribution in [0.15, 0.2) is 54.6 Å². The number of hydrogen-bond acceptors (Lipinski definition) is 4. The Bertz CT molecular complexity index is 779. The number of rotatable bonds is 6. The Morgan fingerprint density at radius 3 is 2.70 bits per heavy atom. The molecule has 4 rings (SSSR count). The van der Waals surface area contributed by atoms with Crippen molar-refractivity contribution in [2.24, 2.45) is 5.73 Å². The summed E-state index contributed by atoms with van der Waals surface area (Å²) in [5.41, 5.74) is 10.3. The number of amides is 1. The first-order valence-corrected chi connectivity index (χ1v) is 9.83. The van der Waals surface area contributed by atoms with Crippen LogP contribution < -0.4 is 16.0 Å². The summed E-state index contributed by atoms with van der Waals surface area (Å²) in [6.07, 6.45) is 1.09. The van der Waals surface area contributed by atoms with Gasteiger partial charge in [0.05, 0.1) is 6.54 Å². The number of carbonyl (C=O) groups excluding carboxylic acids is 1. The van der Waals surface area contributed by atoms with E-state index in [1.165, 1.54) is 16.8 Å². The van der Waals surface area contributed by atoms with Gasteiger partial charge in [0.25, 0.3) is 0 Å². The number of nitrogens with two attached hydrogens (primary N) is 1. The summed E-state index contributed by atoms with van der Waals surface area (Å²) in [5, 5.41) is 3.07. The third-order valence-corrected chi connectivity index (χ3v) is 5.72. The standard InChI is InChI=1S/C22H28N4O/c23-20-15-25(14-19(20)17-6-2-1-3-7-17)16-22(27)24-11-13-26-12-10-18-8-4-5-9-21(18)26/h1-9,19-20H,10-16,23H2,(H,24,27)/t19-,20+/m0/s1. The van der Waals surface area contributed by atoms with Gasteiger partial charge >= 0.3 is 0 Å². The Hall–Kier alpha value is -2.37. The molecule has 2 aromatic rings. The number of nitrogens with zero attached hydrogens (tertiary/aromatic N) is 2. The largest absolute Gasteiger partial charge is 0.369 e. The third kappa shape index (κ3) is 4.15. The lowest BCUT2D eigenvalue weighted by atomic mass is 9.95. The number of benzene rings is 2. The molecule has 27 heavy (non-hydrogen) atoms. The van der Waals surface area contributed by atoms with Gasteiger partial charge < -0.3 is 16.0 Å². The van der Waals surface area contributed by atoms with Crippen molar-refractivity contribution in [2.45, 2.75) is 18.4 Å². The maximum absolute atomic E-state index is 12.4. The highest BCUT2D eigenvalue weighted by Gasteiger charge is 2.31. The van der Waals surface area contributed by atoms with Crippen LogP contribution in [0.25, 0.3) is 0 Å². The molecule has 2 aliphatic rings. The lowest BCUT2D eigenvalue weighted by molar-refractivity contribution is -0.121. The molecule has 0 radical (unpaired) electrons. The molecule has 0 aromatic heterocycles. The van der Waals surface area contributed by atoms with E-state index in [9.17, 15) is 4.79 Å². The summed E-state index contributed by atoms with van der Waals surface area (Å²) in [7, 11) is 0. The van der Waals surface area contributed by atoms with Crippen molar-refractivity contribution in [1.82, 2.24) is 10.2 Å². The van der Waals surface area contributed by atoms with Crippen LogP contribution in [0.3, 0.4) is 0 Å². The molecule has 1 amide bonds. The summed E-state index contributed by atoms with van der Waals surface area (Å²) >= 11 is 0. The molecule has 2 aromatic carbocycles. The summed E-state index contributed by atoms with van der Waals surface area (Å²) in [5.74, 6) is 0.392. The van der Waals surface area contributed by atoms with Crippen molar-refractivity contribution in [1.29, 1.82) is 0 Å². The van der Waals surface area contributed by atoms with Gasteiger partial charge in [0.1, 0.15) is 0 Å². The monoisotopic (exact) mass is 364 g/mol. The predicted octanol–water partition coefficient (Wildman–Crippen LogP) is 1.59. The fourth-order valence-corrected chi connectivity index (χ4v) is 4.32. The van der Waals surface area contributed by atoms with Crippen molar-refractivity contribution < 1.29 is 4.79 Å². The van der Waals surface area contributed by atoms with Gasteiger partial charge in [-0.1, -0.05) is 48.5 Å². The smallest absolute Gasteiger partial charge is 0.234 e. The van der Waals surface area contributed by atoms with Gasteiger partial charge in [-0.2, -0.15) is 0 Å². The van der Waals surface area contributed by atoms with Gasteiger partial charge in [0.2, 0.25) is 5.91 Å². The Morgan fingerprint density at radius 1 is 1.07 bits per heavy atom. The average molecular weight is 364 g/mol. The fourth-order valence-electron chi connectivity index (χ4n) is 4.32. The average Bonchev–Trinajstić information content (AvgIpc) is 3.26. The molecular weight excluding hydrogens is 336 g/mol. The second-order valence-corrected chi connectivity index (χ2v) is 7.59. The van der Waals surface area contributed by atoms with Crippen molar-refractivity contribution in [3.63, 3.8) is 0 Å². The topological polar surface area (TPSA) is 61.6 Å². The van der Waals surface area contributed by atoms with Crippen LogP contribution in [0, 0.1) is 0 Å². The Morgan fingerprint density at radius 2 is 1.85 bits per heavy atom. The van der Waals surface area contributed by atoms with E-state index in [0.29, 0.717) is 19.0 Å². The maximum atomic E-state index is 12.4.